The zero-order chi connectivity index (χ0) is 24.1. The lowest BCUT2D eigenvalue weighted by Gasteiger charge is -2.31. The third-order valence-electron chi connectivity index (χ3n) is 6.75. The third kappa shape index (κ3) is 5.39. The molecule has 1 fully saturated rings. The van der Waals surface area contributed by atoms with Crippen molar-refractivity contribution in [2.45, 2.75) is 43.0 Å². The van der Waals surface area contributed by atoms with Gasteiger partial charge in [0.25, 0.3) is 5.91 Å². The maximum absolute atomic E-state index is 13.1. The Morgan fingerprint density at radius 1 is 1.03 bits per heavy atom. The Morgan fingerprint density at radius 2 is 1.74 bits per heavy atom. The highest BCUT2D eigenvalue weighted by Crippen LogP contribution is 2.30. The second-order valence-electron chi connectivity index (χ2n) is 8.94. The summed E-state index contributed by atoms with van der Waals surface area (Å²) in [6.07, 6.45) is 5.53. The van der Waals surface area contributed by atoms with Gasteiger partial charge in [-0.25, -0.2) is 8.42 Å². The minimum Gasteiger partial charge on any atom is -0.352 e. The Kier molecular flexibility index (Phi) is 7.48. The van der Waals surface area contributed by atoms with Crippen molar-refractivity contribution in [2.24, 2.45) is 5.92 Å². The molecule has 7 nitrogen and oxygen atoms in total. The molecule has 1 aliphatic heterocycles. The molecule has 1 unspecified atom stereocenters. The number of hydrogen-bond acceptors (Lipinski definition) is 4. The maximum Gasteiger partial charge on any atom is 0.251 e. The summed E-state index contributed by atoms with van der Waals surface area (Å²) in [6.45, 7) is 4.76. The van der Waals surface area contributed by atoms with Crippen LogP contribution in [0.5, 0.6) is 0 Å². The summed E-state index contributed by atoms with van der Waals surface area (Å²) in [5.41, 5.74) is 2.87. The predicted molar refractivity (Wildman–Crippen MR) is 131 cm³/mol. The van der Waals surface area contributed by atoms with Crippen LogP contribution in [0.25, 0.3) is 0 Å². The molecule has 180 valence electrons. The van der Waals surface area contributed by atoms with Gasteiger partial charge < -0.3 is 10.6 Å². The number of carbonyl (C=O) groups is 2. The second kappa shape index (κ2) is 10.5. The zero-order valence-corrected chi connectivity index (χ0v) is 20.0. The van der Waals surface area contributed by atoms with Gasteiger partial charge in [0.05, 0.1) is 10.9 Å². The fraction of sp³-hybridized carbons (Fsp3) is 0.385. The minimum atomic E-state index is -3.63. The van der Waals surface area contributed by atoms with Gasteiger partial charge >= 0.3 is 0 Å². The Morgan fingerprint density at radius 3 is 2.44 bits per heavy atom. The number of benzene rings is 2. The molecule has 0 aromatic heterocycles. The van der Waals surface area contributed by atoms with Gasteiger partial charge in [-0.1, -0.05) is 30.8 Å². The van der Waals surface area contributed by atoms with Gasteiger partial charge in [-0.05, 0) is 79.5 Å². The topological polar surface area (TPSA) is 95.6 Å². The molecule has 1 heterocycles. The van der Waals surface area contributed by atoms with Crippen LogP contribution in [0.2, 0.25) is 0 Å². The summed E-state index contributed by atoms with van der Waals surface area (Å²) in [4.78, 5) is 24.4. The first-order valence-electron chi connectivity index (χ1n) is 11.8. The van der Waals surface area contributed by atoms with Crippen LogP contribution in [0.15, 0.2) is 66.1 Å². The molecule has 2 amide bonds. The van der Waals surface area contributed by atoms with Crippen LogP contribution in [-0.2, 0) is 21.2 Å². The Hall–Kier alpha value is -2.97. The Bertz CT molecular complexity index is 1150. The normalized spacial score (nSPS) is 19.1. The molecule has 1 saturated heterocycles. The molecule has 4 rings (SSSR count). The van der Waals surface area contributed by atoms with Gasteiger partial charge in [-0.3, -0.25) is 9.59 Å². The van der Waals surface area contributed by atoms with E-state index in [2.05, 4.69) is 29.3 Å². The average molecular weight is 482 g/mol. The quantitative estimate of drug-likeness (QED) is 0.594. The van der Waals surface area contributed by atoms with Gasteiger partial charge in [0.1, 0.15) is 0 Å². The molecule has 1 aliphatic carbocycles. The molecule has 34 heavy (non-hydrogen) atoms. The standard InChI is InChI=1S/C26H31N3O4S/c1-2-25(30)27-18-19-14-16-29(17-15-19)34(32,33)22-12-10-21(11-13-22)26(31)28-24-9-5-7-20-6-3-4-8-23(20)24/h2-4,6,8,10-13,19,24H,1,5,7,9,14-18H2,(H,27,30)(H,28,31). The number of sulfonamides is 1. The van der Waals surface area contributed by atoms with Gasteiger partial charge in [0.15, 0.2) is 0 Å². The smallest absolute Gasteiger partial charge is 0.251 e. The van der Waals surface area contributed by atoms with Crippen LogP contribution in [0.1, 0.15) is 53.2 Å². The monoisotopic (exact) mass is 481 g/mol. The van der Waals surface area contributed by atoms with Gasteiger partial charge in [-0.15, -0.1) is 0 Å². The zero-order valence-electron chi connectivity index (χ0n) is 19.2. The summed E-state index contributed by atoms with van der Waals surface area (Å²) in [5, 5.41) is 5.88. The number of carbonyl (C=O) groups excluding carboxylic acids is 2. The summed E-state index contributed by atoms with van der Waals surface area (Å²) in [7, 11) is -3.63. The fourth-order valence-electron chi connectivity index (χ4n) is 4.74. The molecular formula is C26H31N3O4S. The van der Waals surface area contributed by atoms with Crippen molar-refractivity contribution in [2.75, 3.05) is 19.6 Å². The highest BCUT2D eigenvalue weighted by Gasteiger charge is 2.30. The number of amides is 2. The highest BCUT2D eigenvalue weighted by molar-refractivity contribution is 7.89. The highest BCUT2D eigenvalue weighted by atomic mass is 32.2. The first-order valence-corrected chi connectivity index (χ1v) is 13.2. The lowest BCUT2D eigenvalue weighted by atomic mass is 9.87. The van der Waals surface area contributed by atoms with Crippen LogP contribution in [0.3, 0.4) is 0 Å². The van der Waals surface area contributed by atoms with E-state index in [0.717, 1.165) is 24.8 Å². The predicted octanol–water partition coefficient (Wildman–Crippen LogP) is 3.20. The number of aryl methyl sites for hydroxylation is 1. The molecule has 0 radical (unpaired) electrons. The number of hydrogen-bond donors (Lipinski definition) is 2. The molecule has 8 heteroatoms. The van der Waals surface area contributed by atoms with Crippen molar-refractivity contribution >= 4 is 21.8 Å². The number of fused-ring (bicyclic) bond motifs is 1. The van der Waals surface area contributed by atoms with Gasteiger partial charge in [0.2, 0.25) is 15.9 Å². The van der Waals surface area contributed by atoms with E-state index in [1.54, 1.807) is 12.1 Å². The van der Waals surface area contributed by atoms with E-state index in [4.69, 9.17) is 0 Å². The number of rotatable bonds is 7. The van der Waals surface area contributed by atoms with Crippen LogP contribution in [0.4, 0.5) is 0 Å². The van der Waals surface area contributed by atoms with E-state index < -0.39 is 10.0 Å². The first kappa shape index (κ1) is 24.2. The van der Waals surface area contributed by atoms with Crippen LogP contribution in [0, 0.1) is 5.92 Å². The maximum atomic E-state index is 13.1. The summed E-state index contributed by atoms with van der Waals surface area (Å²) < 4.78 is 27.6. The van der Waals surface area contributed by atoms with Crippen molar-refractivity contribution in [3.05, 3.63) is 77.9 Å². The average Bonchev–Trinajstić information content (AvgIpc) is 2.87. The van der Waals surface area contributed by atoms with Crippen LogP contribution in [-0.4, -0.2) is 44.2 Å². The summed E-state index contributed by atoms with van der Waals surface area (Å²) in [5.74, 6) is -0.175. The molecule has 1 atom stereocenters. The van der Waals surface area contributed by atoms with Crippen LogP contribution < -0.4 is 10.6 Å². The van der Waals surface area contributed by atoms with Crippen LogP contribution >= 0.6 is 0 Å². The lowest BCUT2D eigenvalue weighted by molar-refractivity contribution is -0.116. The minimum absolute atomic E-state index is 0.0292. The molecule has 2 N–H and O–H groups in total. The Labute approximate surface area is 201 Å². The van der Waals surface area contributed by atoms with E-state index in [-0.39, 0.29) is 28.7 Å². The van der Waals surface area contributed by atoms with E-state index in [1.807, 2.05) is 12.1 Å². The molecular weight excluding hydrogens is 450 g/mol. The fourth-order valence-corrected chi connectivity index (χ4v) is 6.21. The summed E-state index contributed by atoms with van der Waals surface area (Å²) >= 11 is 0. The van der Waals surface area contributed by atoms with Crippen molar-refractivity contribution in [1.29, 1.82) is 0 Å². The van der Waals surface area contributed by atoms with Gasteiger partial charge in [0, 0.05) is 25.2 Å². The molecule has 0 spiro atoms. The van der Waals surface area contributed by atoms with Crippen molar-refractivity contribution in [1.82, 2.24) is 14.9 Å². The molecule has 0 bridgehead atoms. The van der Waals surface area contributed by atoms with E-state index in [1.165, 1.54) is 28.1 Å². The van der Waals surface area contributed by atoms with Gasteiger partial charge in [-0.2, -0.15) is 4.31 Å². The second-order valence-corrected chi connectivity index (χ2v) is 10.9. The lowest BCUT2D eigenvalue weighted by Crippen LogP contribution is -2.41. The van der Waals surface area contributed by atoms with Crippen molar-refractivity contribution in [3.63, 3.8) is 0 Å². The molecule has 0 saturated carbocycles. The first-order chi connectivity index (χ1) is 16.4. The number of nitrogens with zero attached hydrogens (tertiary/aromatic N) is 1. The number of nitrogens with one attached hydrogen (secondary N) is 2. The third-order valence-corrected chi connectivity index (χ3v) is 8.67. The molecule has 2 aromatic rings. The molecule has 2 aromatic carbocycles. The van der Waals surface area contributed by atoms with E-state index in [0.29, 0.717) is 38.0 Å². The number of piperidine rings is 1. The van der Waals surface area contributed by atoms with E-state index >= 15 is 0 Å². The molecule has 2 aliphatic rings. The van der Waals surface area contributed by atoms with E-state index in [9.17, 15) is 18.0 Å². The Balaban J connectivity index is 1.36. The van der Waals surface area contributed by atoms with Crippen molar-refractivity contribution < 1.29 is 18.0 Å². The SMILES string of the molecule is C=CC(=O)NCC1CCN(S(=O)(=O)c2ccc(C(=O)NC3CCCc4ccccc43)cc2)CC1. The van der Waals surface area contributed by atoms with Crippen molar-refractivity contribution in [3.8, 4) is 0 Å². The largest absolute Gasteiger partial charge is 0.352 e. The summed E-state index contributed by atoms with van der Waals surface area (Å²) in [6, 6.07) is 14.3.